The third-order valence-electron chi connectivity index (χ3n) is 11.8. The fourth-order valence-electron chi connectivity index (χ4n) is 7.26. The van der Waals surface area contributed by atoms with Gasteiger partial charge in [0, 0.05) is 45.0 Å². The van der Waals surface area contributed by atoms with Gasteiger partial charge in [0.25, 0.3) is 5.91 Å². The zero-order valence-corrected chi connectivity index (χ0v) is 41.9. The van der Waals surface area contributed by atoms with E-state index in [-0.39, 0.29) is 57.1 Å². The van der Waals surface area contributed by atoms with Crippen molar-refractivity contribution in [2.24, 2.45) is 17.8 Å². The number of allylic oxidation sites excluding steroid dienone is 1. The second kappa shape index (κ2) is 29.2. The zero-order valence-electron chi connectivity index (χ0n) is 41.9. The first-order valence-electron chi connectivity index (χ1n) is 23.4. The molecule has 0 saturated carbocycles. The highest BCUT2D eigenvalue weighted by atomic mass is 16.6. The minimum Gasteiger partial charge on any atom is -0.456 e. The number of amides is 6. The molecule has 1 aromatic carbocycles. The second-order valence-electron chi connectivity index (χ2n) is 17.8. The lowest BCUT2D eigenvalue weighted by Crippen LogP contribution is -2.57. The van der Waals surface area contributed by atoms with Gasteiger partial charge in [-0.15, -0.1) is 0 Å². The molecule has 1 heterocycles. The Morgan fingerprint density at radius 3 is 2.18 bits per heavy atom. The molecule has 19 heteroatoms. The van der Waals surface area contributed by atoms with Crippen LogP contribution in [-0.4, -0.2) is 152 Å². The Balaban J connectivity index is 2.70. The summed E-state index contributed by atoms with van der Waals surface area (Å²) in [6.45, 7) is 16.3. The van der Waals surface area contributed by atoms with E-state index in [9.17, 15) is 38.4 Å². The highest BCUT2D eigenvalue weighted by Crippen LogP contribution is 2.26. The zero-order chi connectivity index (χ0) is 51.2. The lowest BCUT2D eigenvalue weighted by atomic mass is 9.90. The van der Waals surface area contributed by atoms with Crippen LogP contribution in [0.4, 0.5) is 4.79 Å². The van der Waals surface area contributed by atoms with E-state index in [0.29, 0.717) is 12.0 Å². The maximum Gasteiger partial charge on any atom is 0.407 e. The van der Waals surface area contributed by atoms with Gasteiger partial charge in [0.05, 0.1) is 26.4 Å². The molecule has 9 atom stereocenters. The molecule has 5 N–H and O–H groups in total. The minimum atomic E-state index is -1.33. The molecular weight excluding hydrogens is 881 g/mol. The van der Waals surface area contributed by atoms with Crippen LogP contribution in [0, 0.1) is 17.8 Å². The van der Waals surface area contributed by atoms with Crippen LogP contribution in [0.1, 0.15) is 94.1 Å². The average Bonchev–Trinajstić information content (AvgIpc) is 3.30. The monoisotopic (exact) mass is 957 g/mol. The first-order valence-corrected chi connectivity index (χ1v) is 23.4. The quantitative estimate of drug-likeness (QED) is 0.0827. The second-order valence-corrected chi connectivity index (χ2v) is 17.8. The van der Waals surface area contributed by atoms with Gasteiger partial charge < -0.3 is 55.1 Å². The predicted octanol–water partition coefficient (Wildman–Crippen LogP) is 2.98. The lowest BCUT2D eigenvalue weighted by molar-refractivity contribution is -0.155. The van der Waals surface area contributed by atoms with Gasteiger partial charge in [-0.25, -0.2) is 14.4 Å². The van der Waals surface area contributed by atoms with Crippen LogP contribution in [0.3, 0.4) is 0 Å². The van der Waals surface area contributed by atoms with Gasteiger partial charge in [0.15, 0.2) is 6.10 Å². The van der Waals surface area contributed by atoms with Gasteiger partial charge in [-0.05, 0) is 64.0 Å². The number of alkyl carbamates (subject to hydrolysis) is 1. The van der Waals surface area contributed by atoms with Gasteiger partial charge in [-0.3, -0.25) is 24.0 Å². The molecule has 0 saturated heterocycles. The van der Waals surface area contributed by atoms with Crippen molar-refractivity contribution in [2.45, 2.75) is 137 Å². The number of esters is 2. The molecule has 68 heavy (non-hydrogen) atoms. The van der Waals surface area contributed by atoms with Crippen molar-refractivity contribution >= 4 is 47.6 Å². The molecule has 2 rings (SSSR count). The number of hydrogen-bond donors (Lipinski definition) is 5. The van der Waals surface area contributed by atoms with Gasteiger partial charge >= 0.3 is 18.0 Å². The molecule has 0 unspecified atom stereocenters. The van der Waals surface area contributed by atoms with Crippen molar-refractivity contribution in [3.8, 4) is 0 Å². The van der Waals surface area contributed by atoms with Crippen LogP contribution in [-0.2, 0) is 58.9 Å². The van der Waals surface area contributed by atoms with E-state index in [1.807, 2.05) is 20.8 Å². The number of carbonyl (C=O) groups excluding carboxylic acids is 8. The maximum absolute atomic E-state index is 14.2. The molecular formula is C49H76N6O13. The molecule has 6 amide bonds. The Bertz CT molecular complexity index is 1920. The molecule has 1 aliphatic heterocycles. The largest absolute Gasteiger partial charge is 0.456 e. The number of hydrogen-bond acceptors (Lipinski definition) is 13. The van der Waals surface area contributed by atoms with Crippen LogP contribution in [0.15, 0.2) is 53.6 Å². The van der Waals surface area contributed by atoms with Gasteiger partial charge in [0.1, 0.15) is 36.4 Å². The Kier molecular flexibility index (Phi) is 25.0. The standard InChI is InChI=1S/C49H76N6O13/c1-13-30(5)41-44(59)52-35(10)48(63)68-42(31(6)14-2)33(8)38(67-49(64)50-22-24-65-25-23-56)21-20-32(7)47(62)66-39(26-29(3)4)43(58)51-34(9)45(60)55(12)37(27-36-18-16-15-17-19-36)46(61)54(11)28-40(57)53-41/h14-20,29-30,33-35,37-39,41-42,56H,13,21-28H2,1-12H3,(H,50,64)(H,51,58)(H,52,59)(H,53,57)/b31-14+,32-20-/t30-,33+,34+,35-,37-,38+,39-,41+,42-/m1/s1. The lowest BCUT2D eigenvalue weighted by Gasteiger charge is -2.33. The minimum absolute atomic E-state index is 0.0473. The summed E-state index contributed by atoms with van der Waals surface area (Å²) in [5.41, 5.74) is 1.37. The Hall–Kier alpha value is -5.82. The summed E-state index contributed by atoms with van der Waals surface area (Å²) < 4.78 is 22.9. The molecule has 0 bridgehead atoms. The van der Waals surface area contributed by atoms with E-state index in [1.165, 1.54) is 45.8 Å². The van der Waals surface area contributed by atoms with Crippen molar-refractivity contribution in [2.75, 3.05) is 47.0 Å². The summed E-state index contributed by atoms with van der Waals surface area (Å²) in [4.78, 5) is 113. The van der Waals surface area contributed by atoms with Crippen molar-refractivity contribution in [3.63, 3.8) is 0 Å². The highest BCUT2D eigenvalue weighted by Gasteiger charge is 2.37. The fourth-order valence-corrected chi connectivity index (χ4v) is 7.26. The Labute approximate surface area is 401 Å². The molecule has 380 valence electrons. The fraction of sp³-hybridized carbons (Fsp3) is 0.633. The van der Waals surface area contributed by atoms with Crippen molar-refractivity contribution in [3.05, 3.63) is 59.2 Å². The molecule has 0 aliphatic carbocycles. The summed E-state index contributed by atoms with van der Waals surface area (Å²) in [5, 5.41) is 19.6. The van der Waals surface area contributed by atoms with E-state index >= 15 is 0 Å². The third-order valence-corrected chi connectivity index (χ3v) is 11.8. The van der Waals surface area contributed by atoms with Crippen LogP contribution >= 0.6 is 0 Å². The van der Waals surface area contributed by atoms with Crippen LogP contribution in [0.2, 0.25) is 0 Å². The number of likely N-dealkylation sites (N-methyl/N-ethyl adjacent to an activating group) is 2. The Morgan fingerprint density at radius 1 is 0.926 bits per heavy atom. The first-order chi connectivity index (χ1) is 32.1. The topological polar surface area (TPSA) is 248 Å². The summed E-state index contributed by atoms with van der Waals surface area (Å²) in [6.07, 6.45) is -0.480. The molecule has 19 nitrogen and oxygen atoms in total. The van der Waals surface area contributed by atoms with E-state index in [0.717, 1.165) is 10.5 Å². The first kappa shape index (κ1) is 58.3. The summed E-state index contributed by atoms with van der Waals surface area (Å²) in [6, 6.07) is 4.27. The molecule has 1 aliphatic rings. The van der Waals surface area contributed by atoms with E-state index in [2.05, 4.69) is 21.3 Å². The number of cyclic esters (lactones) is 2. The number of rotatable bonds is 13. The normalized spacial score (nSPS) is 26.4. The number of nitrogens with zero attached hydrogens (tertiary/aromatic N) is 2. The van der Waals surface area contributed by atoms with Crippen molar-refractivity contribution < 1.29 is 62.4 Å². The average molecular weight is 957 g/mol. The van der Waals surface area contributed by atoms with Gasteiger partial charge in [0.2, 0.25) is 23.6 Å². The van der Waals surface area contributed by atoms with Gasteiger partial charge in [-0.2, -0.15) is 0 Å². The number of benzene rings is 1. The van der Waals surface area contributed by atoms with Crippen molar-refractivity contribution in [1.82, 2.24) is 31.1 Å². The number of carbonyl (C=O) groups is 8. The molecule has 1 aromatic rings. The van der Waals surface area contributed by atoms with E-state index in [4.69, 9.17) is 24.1 Å². The number of aliphatic hydroxyl groups is 1. The molecule has 0 radical (unpaired) electrons. The van der Waals surface area contributed by atoms with Crippen molar-refractivity contribution in [1.29, 1.82) is 0 Å². The highest BCUT2D eigenvalue weighted by molar-refractivity contribution is 5.96. The Morgan fingerprint density at radius 2 is 1.57 bits per heavy atom. The third kappa shape index (κ3) is 18.7. The smallest absolute Gasteiger partial charge is 0.407 e. The molecule has 0 fully saturated rings. The molecule has 0 spiro atoms. The predicted molar refractivity (Wildman–Crippen MR) is 253 cm³/mol. The van der Waals surface area contributed by atoms with E-state index in [1.54, 1.807) is 64.1 Å². The van der Waals surface area contributed by atoms with Crippen LogP contribution in [0.5, 0.6) is 0 Å². The summed E-state index contributed by atoms with van der Waals surface area (Å²) in [5.74, 6) is -6.31. The van der Waals surface area contributed by atoms with Crippen LogP contribution in [0.25, 0.3) is 0 Å². The summed E-state index contributed by atoms with van der Waals surface area (Å²) in [7, 11) is 2.82. The number of aliphatic hydroxyl groups excluding tert-OH is 1. The van der Waals surface area contributed by atoms with E-state index < -0.39 is 108 Å². The van der Waals surface area contributed by atoms with Gasteiger partial charge in [-0.1, -0.05) is 83.5 Å². The summed E-state index contributed by atoms with van der Waals surface area (Å²) >= 11 is 0. The maximum atomic E-state index is 14.2. The number of nitrogens with one attached hydrogen (secondary N) is 4. The molecule has 0 aromatic heterocycles. The van der Waals surface area contributed by atoms with Crippen LogP contribution < -0.4 is 21.3 Å². The SMILES string of the molecule is C/C=C(\C)[C@H]1OC(=O)[C@@H](C)NC(=O)[C@H]([C@H](C)CC)NC(=O)CN(C)C(=O)[C@@H](Cc2ccccc2)N(C)C(=O)[C@H](C)NC(=O)[C@@H](CC(C)C)OC(=O)/C(C)=C\C[C@H](OC(=O)NCCOCCO)[C@@H]1C. The number of ether oxygens (including phenoxy) is 4.